The second-order valence-corrected chi connectivity index (χ2v) is 3.37. The van der Waals surface area contributed by atoms with Gasteiger partial charge in [-0.2, -0.15) is 26.3 Å². The summed E-state index contributed by atoms with van der Waals surface area (Å²) in [5, 5.41) is 10.7. The lowest BCUT2D eigenvalue weighted by Crippen LogP contribution is -2.35. The van der Waals surface area contributed by atoms with Crippen LogP contribution in [0.2, 0.25) is 0 Å². The van der Waals surface area contributed by atoms with Gasteiger partial charge in [-0.1, -0.05) is 0 Å². The highest BCUT2D eigenvalue weighted by atomic mass is 19.4. The van der Waals surface area contributed by atoms with E-state index in [1.54, 1.807) is 0 Å². The van der Waals surface area contributed by atoms with Gasteiger partial charge in [0.15, 0.2) is 6.10 Å². The fourth-order valence-corrected chi connectivity index (χ4v) is 0.983. The fourth-order valence-electron chi connectivity index (χ4n) is 0.983. The molecule has 1 atom stereocenters. The summed E-state index contributed by atoms with van der Waals surface area (Å²) in [6, 6.07) is 1.56. The molecule has 0 amide bonds. The van der Waals surface area contributed by atoms with E-state index in [1.165, 1.54) is 0 Å². The Morgan fingerprint density at radius 3 is 2.17 bits per heavy atom. The van der Waals surface area contributed by atoms with Crippen molar-refractivity contribution >= 4 is 5.82 Å². The summed E-state index contributed by atoms with van der Waals surface area (Å²) in [6.07, 6.45) is -11.5. The largest absolute Gasteiger partial charge is 0.417 e. The molecule has 0 radical (unpaired) electrons. The van der Waals surface area contributed by atoms with Crippen LogP contribution in [0.4, 0.5) is 32.2 Å². The van der Waals surface area contributed by atoms with Gasteiger partial charge in [0.25, 0.3) is 0 Å². The van der Waals surface area contributed by atoms with Crippen molar-refractivity contribution in [1.29, 1.82) is 0 Å². The molecule has 0 saturated carbocycles. The van der Waals surface area contributed by atoms with Gasteiger partial charge in [-0.15, -0.1) is 0 Å². The van der Waals surface area contributed by atoms with Gasteiger partial charge in [0, 0.05) is 6.20 Å². The normalized spacial score (nSPS) is 14.4. The highest BCUT2D eigenvalue weighted by molar-refractivity contribution is 5.36. The Hall–Kier alpha value is -1.51. The van der Waals surface area contributed by atoms with Crippen molar-refractivity contribution in [1.82, 2.24) is 4.98 Å². The van der Waals surface area contributed by atoms with E-state index >= 15 is 0 Å². The van der Waals surface area contributed by atoms with Crippen LogP contribution >= 0.6 is 0 Å². The van der Waals surface area contributed by atoms with E-state index in [-0.39, 0.29) is 5.82 Å². The van der Waals surface area contributed by atoms with Crippen molar-refractivity contribution in [2.45, 2.75) is 18.5 Å². The molecule has 102 valence electrons. The zero-order valence-electron chi connectivity index (χ0n) is 8.68. The number of halogens is 6. The van der Waals surface area contributed by atoms with Crippen LogP contribution in [0.3, 0.4) is 0 Å². The van der Waals surface area contributed by atoms with E-state index in [0.29, 0.717) is 12.3 Å². The predicted octanol–water partition coefficient (Wildman–Crippen LogP) is 2.44. The van der Waals surface area contributed by atoms with E-state index < -0.39 is 30.6 Å². The predicted molar refractivity (Wildman–Crippen MR) is 49.8 cm³/mol. The molecule has 9 heteroatoms. The summed E-state index contributed by atoms with van der Waals surface area (Å²) < 4.78 is 72.2. The molecular weight excluding hydrogens is 266 g/mol. The SMILES string of the molecule is OC(CNc1ccc(C(F)(F)F)cn1)C(F)(F)F. The Kier molecular flexibility index (Phi) is 4.05. The molecule has 0 saturated heterocycles. The lowest BCUT2D eigenvalue weighted by molar-refractivity contribution is -0.198. The second-order valence-electron chi connectivity index (χ2n) is 3.37. The summed E-state index contributed by atoms with van der Waals surface area (Å²) in [4.78, 5) is 3.29. The zero-order valence-corrected chi connectivity index (χ0v) is 8.68. The Labute approximate surface area is 97.4 Å². The number of nitrogens with zero attached hydrogens (tertiary/aromatic N) is 1. The van der Waals surface area contributed by atoms with Crippen molar-refractivity contribution in [3.63, 3.8) is 0 Å². The molecule has 0 bridgehead atoms. The molecule has 0 fully saturated rings. The van der Waals surface area contributed by atoms with Gasteiger partial charge < -0.3 is 10.4 Å². The van der Waals surface area contributed by atoms with Gasteiger partial charge >= 0.3 is 12.4 Å². The number of aliphatic hydroxyl groups excluding tert-OH is 1. The molecule has 1 aromatic rings. The molecule has 1 heterocycles. The van der Waals surface area contributed by atoms with E-state index in [9.17, 15) is 26.3 Å². The summed E-state index contributed by atoms with van der Waals surface area (Å²) in [5.41, 5.74) is -1.01. The first-order valence-corrected chi connectivity index (χ1v) is 4.62. The summed E-state index contributed by atoms with van der Waals surface area (Å²) >= 11 is 0. The van der Waals surface area contributed by atoms with Crippen LogP contribution < -0.4 is 5.32 Å². The average molecular weight is 274 g/mol. The molecule has 0 aliphatic heterocycles. The lowest BCUT2D eigenvalue weighted by Gasteiger charge is -2.15. The van der Waals surface area contributed by atoms with Gasteiger partial charge in [0.1, 0.15) is 5.82 Å². The first-order valence-electron chi connectivity index (χ1n) is 4.62. The molecule has 0 aliphatic rings. The summed E-state index contributed by atoms with van der Waals surface area (Å²) in [5.74, 6) is -0.189. The number of anilines is 1. The minimum absolute atomic E-state index is 0.189. The monoisotopic (exact) mass is 274 g/mol. The molecule has 0 aliphatic carbocycles. The Balaban J connectivity index is 2.60. The van der Waals surface area contributed by atoms with Crippen LogP contribution in [-0.4, -0.2) is 28.9 Å². The number of hydrogen-bond acceptors (Lipinski definition) is 3. The molecule has 1 unspecified atom stereocenters. The second kappa shape index (κ2) is 5.01. The zero-order chi connectivity index (χ0) is 14.0. The quantitative estimate of drug-likeness (QED) is 0.832. The third-order valence-corrected chi connectivity index (χ3v) is 1.95. The smallest absolute Gasteiger partial charge is 0.382 e. The fraction of sp³-hybridized carbons (Fsp3) is 0.444. The maximum Gasteiger partial charge on any atom is 0.417 e. The van der Waals surface area contributed by atoms with Gasteiger partial charge in [0.2, 0.25) is 0 Å². The number of hydrogen-bond donors (Lipinski definition) is 2. The van der Waals surface area contributed by atoms with Crippen molar-refractivity contribution in [2.24, 2.45) is 0 Å². The Morgan fingerprint density at radius 1 is 1.17 bits per heavy atom. The number of pyridine rings is 1. The number of aliphatic hydroxyl groups is 1. The molecule has 0 aromatic carbocycles. The van der Waals surface area contributed by atoms with Crippen LogP contribution in [0.5, 0.6) is 0 Å². The van der Waals surface area contributed by atoms with E-state index in [4.69, 9.17) is 5.11 Å². The minimum atomic E-state index is -4.79. The van der Waals surface area contributed by atoms with Crippen LogP contribution in [0.25, 0.3) is 0 Å². The highest BCUT2D eigenvalue weighted by Crippen LogP contribution is 2.29. The summed E-state index contributed by atoms with van der Waals surface area (Å²) in [6.45, 7) is -0.887. The number of alkyl halides is 6. The molecular formula is C9H8F6N2O. The van der Waals surface area contributed by atoms with Crippen LogP contribution in [-0.2, 0) is 6.18 Å². The number of aromatic nitrogens is 1. The maximum atomic E-state index is 12.1. The van der Waals surface area contributed by atoms with E-state index in [1.807, 2.05) is 0 Å². The topological polar surface area (TPSA) is 45.1 Å². The number of nitrogens with one attached hydrogen (secondary N) is 1. The Morgan fingerprint density at radius 2 is 1.78 bits per heavy atom. The third kappa shape index (κ3) is 4.06. The maximum absolute atomic E-state index is 12.1. The third-order valence-electron chi connectivity index (χ3n) is 1.95. The van der Waals surface area contributed by atoms with Crippen LogP contribution in [0.15, 0.2) is 18.3 Å². The molecule has 1 rings (SSSR count). The van der Waals surface area contributed by atoms with Crippen molar-refractivity contribution < 1.29 is 31.4 Å². The standard InChI is InChI=1S/C9H8F6N2O/c10-8(11,12)5-1-2-7(16-3-5)17-4-6(18)9(13,14)15/h1-3,6,18H,4H2,(H,16,17). The van der Waals surface area contributed by atoms with Gasteiger partial charge in [-0.05, 0) is 12.1 Å². The van der Waals surface area contributed by atoms with E-state index in [2.05, 4.69) is 10.3 Å². The number of rotatable bonds is 3. The average Bonchev–Trinajstić information content (AvgIpc) is 2.24. The molecule has 1 aromatic heterocycles. The summed E-state index contributed by atoms with van der Waals surface area (Å²) in [7, 11) is 0. The van der Waals surface area contributed by atoms with Crippen molar-refractivity contribution in [3.8, 4) is 0 Å². The van der Waals surface area contributed by atoms with Gasteiger partial charge in [-0.25, -0.2) is 4.98 Å². The molecule has 18 heavy (non-hydrogen) atoms. The van der Waals surface area contributed by atoms with E-state index in [0.717, 1.165) is 6.07 Å². The van der Waals surface area contributed by atoms with Crippen molar-refractivity contribution in [3.05, 3.63) is 23.9 Å². The van der Waals surface area contributed by atoms with Gasteiger partial charge in [0.05, 0.1) is 12.1 Å². The first-order chi connectivity index (χ1) is 8.10. The molecule has 3 nitrogen and oxygen atoms in total. The lowest BCUT2D eigenvalue weighted by atomic mass is 10.2. The van der Waals surface area contributed by atoms with Crippen molar-refractivity contribution in [2.75, 3.05) is 11.9 Å². The Bertz CT molecular complexity index is 386. The van der Waals surface area contributed by atoms with Crippen LogP contribution in [0, 0.1) is 0 Å². The van der Waals surface area contributed by atoms with Gasteiger partial charge in [-0.3, -0.25) is 0 Å². The molecule has 0 spiro atoms. The molecule has 2 N–H and O–H groups in total. The van der Waals surface area contributed by atoms with Crippen LogP contribution in [0.1, 0.15) is 5.56 Å². The minimum Gasteiger partial charge on any atom is -0.382 e. The highest BCUT2D eigenvalue weighted by Gasteiger charge is 2.38. The first kappa shape index (κ1) is 14.6.